The summed E-state index contributed by atoms with van der Waals surface area (Å²) in [7, 11) is 0. The van der Waals surface area contributed by atoms with Gasteiger partial charge in [0.1, 0.15) is 5.52 Å². The summed E-state index contributed by atoms with van der Waals surface area (Å²) in [6, 6.07) is 9.53. The number of aromatic nitrogens is 3. The summed E-state index contributed by atoms with van der Waals surface area (Å²) in [6.45, 7) is 4.38. The van der Waals surface area contributed by atoms with Crippen molar-refractivity contribution in [3.63, 3.8) is 0 Å². The summed E-state index contributed by atoms with van der Waals surface area (Å²) >= 11 is 6.11. The Hall–Kier alpha value is -3.03. The van der Waals surface area contributed by atoms with Gasteiger partial charge in [-0.05, 0) is 75.8 Å². The molecule has 1 aliphatic carbocycles. The van der Waals surface area contributed by atoms with Crippen LogP contribution in [0.4, 0.5) is 0 Å². The fourth-order valence-corrected chi connectivity index (χ4v) is 4.51. The van der Waals surface area contributed by atoms with Gasteiger partial charge in [-0.25, -0.2) is 9.97 Å². The van der Waals surface area contributed by atoms with E-state index >= 15 is 0 Å². The fourth-order valence-electron chi connectivity index (χ4n) is 4.39. The third kappa shape index (κ3) is 4.50. The second-order valence-electron chi connectivity index (χ2n) is 9.08. The highest BCUT2D eigenvalue weighted by molar-refractivity contribution is 6.30. The predicted octanol–water partition coefficient (Wildman–Crippen LogP) is 4.39. The summed E-state index contributed by atoms with van der Waals surface area (Å²) in [6.07, 6.45) is 6.87. The number of halogens is 1. The molecule has 0 bridgehead atoms. The lowest BCUT2D eigenvalue weighted by Crippen LogP contribution is -2.32. The third-order valence-electron chi connectivity index (χ3n) is 6.62. The minimum atomic E-state index is -0.198. The zero-order valence-electron chi connectivity index (χ0n) is 19.4. The molecule has 0 unspecified atom stereocenters. The Kier molecular flexibility index (Phi) is 6.23. The molecule has 5 rings (SSSR count). The summed E-state index contributed by atoms with van der Waals surface area (Å²) in [5, 5.41) is 0.608. The molecule has 8 heteroatoms. The van der Waals surface area contributed by atoms with Crippen molar-refractivity contribution in [3.05, 3.63) is 74.4 Å². The molecule has 0 radical (unpaired) electrons. The van der Waals surface area contributed by atoms with Crippen LogP contribution in [0.1, 0.15) is 48.6 Å². The van der Waals surface area contributed by atoms with Gasteiger partial charge in [-0.15, -0.1) is 0 Å². The topological polar surface area (TPSA) is 95.4 Å². The minimum Gasteiger partial charge on any atom is -0.404 e. The molecular formula is C26H28ClN5O2. The number of ether oxygens (including phenoxy) is 1. The average Bonchev–Trinajstić information content (AvgIpc) is 3.66. The molecule has 2 aliphatic rings. The summed E-state index contributed by atoms with van der Waals surface area (Å²) in [5.41, 5.74) is 11.0. The maximum atomic E-state index is 13.9. The van der Waals surface area contributed by atoms with Crippen LogP contribution in [0.3, 0.4) is 0 Å². The number of pyridine rings is 1. The highest BCUT2D eigenvalue weighted by Gasteiger charge is 2.30. The van der Waals surface area contributed by atoms with E-state index in [9.17, 15) is 4.79 Å². The molecule has 1 aliphatic heterocycles. The molecule has 7 nitrogen and oxygen atoms in total. The monoisotopic (exact) mass is 477 g/mol. The molecule has 1 saturated heterocycles. The molecule has 1 saturated carbocycles. The van der Waals surface area contributed by atoms with Gasteiger partial charge in [-0.1, -0.05) is 11.6 Å². The quantitative estimate of drug-likeness (QED) is 0.550. The van der Waals surface area contributed by atoms with Crippen LogP contribution in [0.5, 0.6) is 0 Å². The van der Waals surface area contributed by atoms with Crippen molar-refractivity contribution in [1.82, 2.24) is 14.5 Å². The Bertz CT molecular complexity index is 1340. The molecule has 0 amide bonds. The Labute approximate surface area is 203 Å². The molecule has 176 valence electrons. The number of nitrogens with zero attached hydrogens (tertiary/aromatic N) is 4. The van der Waals surface area contributed by atoms with Crippen LogP contribution in [0.2, 0.25) is 5.02 Å². The van der Waals surface area contributed by atoms with E-state index in [-0.39, 0.29) is 17.6 Å². The number of rotatable bonds is 5. The Morgan fingerprint density at radius 3 is 2.62 bits per heavy atom. The van der Waals surface area contributed by atoms with Crippen LogP contribution < -0.4 is 11.3 Å². The average molecular weight is 478 g/mol. The molecule has 2 aromatic heterocycles. The van der Waals surface area contributed by atoms with Crippen molar-refractivity contribution in [2.24, 2.45) is 10.7 Å². The first kappa shape index (κ1) is 22.7. The Balaban J connectivity index is 1.59. The van der Waals surface area contributed by atoms with Gasteiger partial charge in [-0.2, -0.15) is 0 Å². The predicted molar refractivity (Wildman–Crippen MR) is 135 cm³/mol. The number of aliphatic imine (C=N–C) groups is 1. The lowest BCUT2D eigenvalue weighted by atomic mass is 9.87. The number of aryl methyl sites for hydroxylation is 2. The standard InChI is InChI=1S/C26H28ClN5O2/c1-15-16(2)31-25-23(30-15)12-22(26(33)32(25)21-7-3-19(27)4-8-21)17-9-10-34-24(11-17)18(13-28)14-29-20-5-6-20/h3-4,7-8,12-14,17,20,24H,5-6,9-11,28H2,1-2H3/b18-13+,29-14?/t17-,24+/m0/s1. The van der Waals surface area contributed by atoms with Crippen molar-refractivity contribution in [1.29, 1.82) is 0 Å². The molecule has 3 aromatic rings. The van der Waals surface area contributed by atoms with Crippen LogP contribution in [0.15, 0.2) is 51.9 Å². The van der Waals surface area contributed by atoms with E-state index in [1.807, 2.05) is 38.3 Å². The van der Waals surface area contributed by atoms with Gasteiger partial charge in [0.05, 0.1) is 29.2 Å². The maximum Gasteiger partial charge on any atom is 0.260 e. The second kappa shape index (κ2) is 9.31. The van der Waals surface area contributed by atoms with Crippen LogP contribution in [-0.4, -0.2) is 39.5 Å². The van der Waals surface area contributed by atoms with Crippen molar-refractivity contribution in [2.75, 3.05) is 6.61 Å². The van der Waals surface area contributed by atoms with Gasteiger partial charge < -0.3 is 10.5 Å². The maximum absolute atomic E-state index is 13.9. The van der Waals surface area contributed by atoms with E-state index in [2.05, 4.69) is 4.99 Å². The van der Waals surface area contributed by atoms with Crippen molar-refractivity contribution in [2.45, 2.75) is 57.6 Å². The number of hydrogen-bond donors (Lipinski definition) is 1. The van der Waals surface area contributed by atoms with Gasteiger partial charge >= 0.3 is 0 Å². The smallest absolute Gasteiger partial charge is 0.260 e. The van der Waals surface area contributed by atoms with Crippen LogP contribution in [0, 0.1) is 13.8 Å². The van der Waals surface area contributed by atoms with Crippen LogP contribution in [-0.2, 0) is 4.74 Å². The van der Waals surface area contributed by atoms with E-state index in [0.717, 1.165) is 36.2 Å². The molecule has 1 aromatic carbocycles. The van der Waals surface area contributed by atoms with E-state index in [1.54, 1.807) is 22.9 Å². The fraction of sp³-hybridized carbons (Fsp3) is 0.385. The van der Waals surface area contributed by atoms with Crippen molar-refractivity contribution in [3.8, 4) is 5.69 Å². The lowest BCUT2D eigenvalue weighted by molar-refractivity contribution is 0.0325. The van der Waals surface area contributed by atoms with E-state index in [0.29, 0.717) is 46.5 Å². The van der Waals surface area contributed by atoms with Gasteiger partial charge in [-0.3, -0.25) is 14.4 Å². The number of hydrogen-bond acceptors (Lipinski definition) is 6. The molecular weight excluding hydrogens is 450 g/mol. The summed E-state index contributed by atoms with van der Waals surface area (Å²) in [5.74, 6) is 0.00174. The summed E-state index contributed by atoms with van der Waals surface area (Å²) < 4.78 is 7.69. The van der Waals surface area contributed by atoms with Gasteiger partial charge in [0.25, 0.3) is 5.56 Å². The number of benzene rings is 1. The van der Waals surface area contributed by atoms with Crippen LogP contribution >= 0.6 is 11.6 Å². The molecule has 2 fully saturated rings. The highest BCUT2D eigenvalue weighted by atomic mass is 35.5. The highest BCUT2D eigenvalue weighted by Crippen LogP contribution is 2.33. The largest absolute Gasteiger partial charge is 0.404 e. The SMILES string of the molecule is Cc1nc2cc([C@H]3CCO[C@@H](/C(C=NC4CC4)=C/N)C3)c(=O)n(-c3ccc(Cl)cc3)c2nc1C. The van der Waals surface area contributed by atoms with Crippen molar-refractivity contribution < 1.29 is 4.74 Å². The second-order valence-corrected chi connectivity index (χ2v) is 9.51. The van der Waals surface area contributed by atoms with E-state index in [4.69, 9.17) is 32.0 Å². The molecule has 2 atom stereocenters. The van der Waals surface area contributed by atoms with E-state index < -0.39 is 0 Å². The lowest BCUT2D eigenvalue weighted by Gasteiger charge is -2.30. The van der Waals surface area contributed by atoms with Crippen molar-refractivity contribution >= 4 is 29.0 Å². The van der Waals surface area contributed by atoms with Gasteiger partial charge in [0.2, 0.25) is 0 Å². The number of fused-ring (bicyclic) bond motifs is 1. The molecule has 34 heavy (non-hydrogen) atoms. The van der Waals surface area contributed by atoms with Gasteiger partial charge in [0.15, 0.2) is 5.65 Å². The zero-order chi connectivity index (χ0) is 23.8. The first-order chi connectivity index (χ1) is 16.4. The Morgan fingerprint density at radius 2 is 1.91 bits per heavy atom. The molecule has 3 heterocycles. The first-order valence-corrected chi connectivity index (χ1v) is 12.1. The third-order valence-corrected chi connectivity index (χ3v) is 6.87. The molecule has 2 N–H and O–H groups in total. The number of nitrogens with two attached hydrogens (primary N) is 1. The summed E-state index contributed by atoms with van der Waals surface area (Å²) in [4.78, 5) is 28.0. The van der Waals surface area contributed by atoms with Gasteiger partial charge in [0, 0.05) is 35.2 Å². The molecule has 0 spiro atoms. The minimum absolute atomic E-state index is 0.00174. The van der Waals surface area contributed by atoms with Crippen LogP contribution in [0.25, 0.3) is 16.9 Å². The normalized spacial score (nSPS) is 21.4. The Morgan fingerprint density at radius 1 is 1.18 bits per heavy atom. The zero-order valence-corrected chi connectivity index (χ0v) is 20.1. The van der Waals surface area contributed by atoms with E-state index in [1.165, 1.54) is 0 Å². The first-order valence-electron chi connectivity index (χ1n) is 11.7.